The van der Waals surface area contributed by atoms with Crippen LogP contribution < -0.4 is 5.32 Å². The lowest BCUT2D eigenvalue weighted by atomic mass is 10.1. The fourth-order valence-corrected chi connectivity index (χ4v) is 1.55. The summed E-state index contributed by atoms with van der Waals surface area (Å²) < 4.78 is 0. The molecule has 0 amide bonds. The van der Waals surface area contributed by atoms with Crippen LogP contribution in [0.1, 0.15) is 37.0 Å². The second-order valence-electron chi connectivity index (χ2n) is 4.14. The van der Waals surface area contributed by atoms with Crippen LogP contribution in [0.2, 0.25) is 5.02 Å². The molecule has 3 heteroatoms. The van der Waals surface area contributed by atoms with E-state index in [1.807, 2.05) is 0 Å². The molecule has 0 radical (unpaired) electrons. The van der Waals surface area contributed by atoms with Crippen LogP contribution in [0.3, 0.4) is 0 Å². The van der Waals surface area contributed by atoms with E-state index in [0.717, 1.165) is 18.5 Å². The molecule has 0 fully saturated rings. The van der Waals surface area contributed by atoms with Gasteiger partial charge in [-0.25, -0.2) is 0 Å². The molecule has 1 rings (SSSR count). The van der Waals surface area contributed by atoms with E-state index in [4.69, 9.17) is 11.6 Å². The number of halogens is 1. The number of hydrogen-bond donors (Lipinski definition) is 1. The molecular formula is C13H18ClNO. The van der Waals surface area contributed by atoms with Gasteiger partial charge in [-0.15, -0.1) is 0 Å². The minimum absolute atomic E-state index is 0.183. The van der Waals surface area contributed by atoms with Crippen LogP contribution in [-0.2, 0) is 0 Å². The summed E-state index contributed by atoms with van der Waals surface area (Å²) in [4.78, 5) is 11.7. The standard InChI is InChI=1S/C13H18ClNO/c1-10(2)15-9-3-4-13(16)11-5-7-12(14)8-6-11/h5-8,10,15H,3-4,9H2,1-2H3. The van der Waals surface area contributed by atoms with Crippen molar-refractivity contribution in [2.75, 3.05) is 6.54 Å². The van der Waals surface area contributed by atoms with Gasteiger partial charge in [0, 0.05) is 23.0 Å². The third-order valence-electron chi connectivity index (χ3n) is 2.30. The van der Waals surface area contributed by atoms with Gasteiger partial charge in [0.05, 0.1) is 0 Å². The molecule has 16 heavy (non-hydrogen) atoms. The summed E-state index contributed by atoms with van der Waals surface area (Å²) in [6, 6.07) is 7.54. The van der Waals surface area contributed by atoms with Crippen LogP contribution in [0.5, 0.6) is 0 Å². The van der Waals surface area contributed by atoms with E-state index in [-0.39, 0.29) is 5.78 Å². The summed E-state index contributed by atoms with van der Waals surface area (Å²) >= 11 is 5.76. The molecule has 0 saturated carbocycles. The first-order valence-corrected chi connectivity index (χ1v) is 5.99. The van der Waals surface area contributed by atoms with E-state index in [0.29, 0.717) is 17.5 Å². The van der Waals surface area contributed by atoms with Gasteiger partial charge in [-0.05, 0) is 37.2 Å². The minimum Gasteiger partial charge on any atom is -0.315 e. The molecular weight excluding hydrogens is 222 g/mol. The summed E-state index contributed by atoms with van der Waals surface area (Å²) in [6.07, 6.45) is 1.46. The maximum Gasteiger partial charge on any atom is 0.162 e. The normalized spacial score (nSPS) is 10.8. The molecule has 0 spiro atoms. The Labute approximate surface area is 102 Å². The maximum atomic E-state index is 11.7. The quantitative estimate of drug-likeness (QED) is 0.610. The fraction of sp³-hybridized carbons (Fsp3) is 0.462. The third kappa shape index (κ3) is 4.77. The highest BCUT2D eigenvalue weighted by Gasteiger charge is 2.05. The zero-order valence-electron chi connectivity index (χ0n) is 9.79. The van der Waals surface area contributed by atoms with Crippen molar-refractivity contribution in [2.24, 2.45) is 0 Å². The Hall–Kier alpha value is -0.860. The number of hydrogen-bond acceptors (Lipinski definition) is 2. The molecule has 0 aliphatic carbocycles. The van der Waals surface area contributed by atoms with Crippen LogP contribution in [0.4, 0.5) is 0 Å². The van der Waals surface area contributed by atoms with Gasteiger partial charge in [0.15, 0.2) is 5.78 Å². The number of rotatable bonds is 6. The summed E-state index contributed by atoms with van der Waals surface area (Å²) in [5.41, 5.74) is 0.744. The van der Waals surface area contributed by atoms with Crippen LogP contribution in [0.25, 0.3) is 0 Å². The van der Waals surface area contributed by atoms with Crippen molar-refractivity contribution in [1.29, 1.82) is 0 Å². The van der Waals surface area contributed by atoms with E-state index >= 15 is 0 Å². The number of Topliss-reactive ketones (excluding diaryl/α,β-unsaturated/α-hetero) is 1. The van der Waals surface area contributed by atoms with E-state index in [2.05, 4.69) is 19.2 Å². The Morgan fingerprint density at radius 2 is 1.94 bits per heavy atom. The van der Waals surface area contributed by atoms with Crippen molar-refractivity contribution in [1.82, 2.24) is 5.32 Å². The van der Waals surface area contributed by atoms with E-state index < -0.39 is 0 Å². The number of nitrogens with one attached hydrogen (secondary N) is 1. The Morgan fingerprint density at radius 3 is 2.50 bits per heavy atom. The molecule has 0 aromatic heterocycles. The molecule has 88 valence electrons. The second kappa shape index (κ2) is 6.66. The van der Waals surface area contributed by atoms with Gasteiger partial charge in [-0.2, -0.15) is 0 Å². The molecule has 1 aromatic carbocycles. The first-order valence-electron chi connectivity index (χ1n) is 5.61. The molecule has 1 N–H and O–H groups in total. The Kier molecular flexibility index (Phi) is 5.50. The van der Waals surface area contributed by atoms with Crippen molar-refractivity contribution >= 4 is 17.4 Å². The van der Waals surface area contributed by atoms with Gasteiger partial charge in [0.25, 0.3) is 0 Å². The van der Waals surface area contributed by atoms with Crippen molar-refractivity contribution in [2.45, 2.75) is 32.7 Å². The third-order valence-corrected chi connectivity index (χ3v) is 2.55. The molecule has 0 unspecified atom stereocenters. The van der Waals surface area contributed by atoms with Crippen LogP contribution in [0.15, 0.2) is 24.3 Å². The van der Waals surface area contributed by atoms with Gasteiger partial charge in [0.1, 0.15) is 0 Å². The summed E-state index contributed by atoms with van der Waals surface area (Å²) in [5.74, 6) is 0.183. The Bertz CT molecular complexity index is 332. The molecule has 0 saturated heterocycles. The predicted octanol–water partition coefficient (Wildman–Crippen LogP) is 3.30. The van der Waals surface area contributed by atoms with Gasteiger partial charge < -0.3 is 5.32 Å². The van der Waals surface area contributed by atoms with Crippen molar-refractivity contribution in [3.05, 3.63) is 34.9 Å². The molecule has 1 aromatic rings. The SMILES string of the molecule is CC(C)NCCCC(=O)c1ccc(Cl)cc1. The van der Waals surface area contributed by atoms with E-state index in [1.54, 1.807) is 24.3 Å². The average Bonchev–Trinajstić information content (AvgIpc) is 2.25. The lowest BCUT2D eigenvalue weighted by Gasteiger charge is -2.07. The minimum atomic E-state index is 0.183. The fourth-order valence-electron chi connectivity index (χ4n) is 1.42. The van der Waals surface area contributed by atoms with Crippen LogP contribution in [0, 0.1) is 0 Å². The zero-order chi connectivity index (χ0) is 12.0. The molecule has 0 aliphatic heterocycles. The smallest absolute Gasteiger partial charge is 0.162 e. The van der Waals surface area contributed by atoms with Gasteiger partial charge in [0.2, 0.25) is 0 Å². The molecule has 0 atom stereocenters. The number of benzene rings is 1. The van der Waals surface area contributed by atoms with Crippen molar-refractivity contribution < 1.29 is 4.79 Å². The first-order chi connectivity index (χ1) is 7.59. The largest absolute Gasteiger partial charge is 0.315 e. The Balaban J connectivity index is 2.32. The van der Waals surface area contributed by atoms with Gasteiger partial charge >= 0.3 is 0 Å². The molecule has 0 aliphatic rings. The molecule has 2 nitrogen and oxygen atoms in total. The summed E-state index contributed by atoms with van der Waals surface area (Å²) in [7, 11) is 0. The highest BCUT2D eigenvalue weighted by Crippen LogP contribution is 2.11. The van der Waals surface area contributed by atoms with Crippen molar-refractivity contribution in [3.63, 3.8) is 0 Å². The zero-order valence-corrected chi connectivity index (χ0v) is 10.6. The number of ketones is 1. The Morgan fingerprint density at radius 1 is 1.31 bits per heavy atom. The van der Waals surface area contributed by atoms with E-state index in [1.165, 1.54) is 0 Å². The van der Waals surface area contributed by atoms with Gasteiger partial charge in [-0.3, -0.25) is 4.79 Å². The molecule has 0 bridgehead atoms. The predicted molar refractivity (Wildman–Crippen MR) is 68.2 cm³/mol. The lowest BCUT2D eigenvalue weighted by molar-refractivity contribution is 0.0980. The van der Waals surface area contributed by atoms with Crippen molar-refractivity contribution in [3.8, 4) is 0 Å². The lowest BCUT2D eigenvalue weighted by Crippen LogP contribution is -2.24. The highest BCUT2D eigenvalue weighted by molar-refractivity contribution is 6.30. The maximum absolute atomic E-state index is 11.7. The van der Waals surface area contributed by atoms with Crippen LogP contribution in [-0.4, -0.2) is 18.4 Å². The summed E-state index contributed by atoms with van der Waals surface area (Å²) in [6.45, 7) is 5.08. The molecule has 0 heterocycles. The monoisotopic (exact) mass is 239 g/mol. The number of carbonyl (C=O) groups is 1. The second-order valence-corrected chi connectivity index (χ2v) is 4.58. The summed E-state index contributed by atoms with van der Waals surface area (Å²) in [5, 5.41) is 3.95. The highest BCUT2D eigenvalue weighted by atomic mass is 35.5. The number of carbonyl (C=O) groups excluding carboxylic acids is 1. The van der Waals surface area contributed by atoms with Gasteiger partial charge in [-0.1, -0.05) is 25.4 Å². The van der Waals surface area contributed by atoms with E-state index in [9.17, 15) is 4.79 Å². The van der Waals surface area contributed by atoms with Crippen LogP contribution >= 0.6 is 11.6 Å². The first kappa shape index (κ1) is 13.2. The topological polar surface area (TPSA) is 29.1 Å². The average molecular weight is 240 g/mol.